The predicted molar refractivity (Wildman–Crippen MR) is 71.0 cm³/mol. The molecular formula is C14H17N3O2. The molecule has 1 aromatic carbocycles. The van der Waals surface area contributed by atoms with Crippen molar-refractivity contribution in [2.75, 3.05) is 6.79 Å². The molecule has 1 N–H and O–H groups in total. The molecule has 1 aliphatic heterocycles. The molecule has 0 aliphatic carbocycles. The minimum Gasteiger partial charge on any atom is -0.454 e. The fourth-order valence-corrected chi connectivity index (χ4v) is 2.17. The summed E-state index contributed by atoms with van der Waals surface area (Å²) in [4.78, 5) is 4.15. The monoisotopic (exact) mass is 259 g/mol. The molecule has 1 aromatic heterocycles. The standard InChI is InChI=1S/C14H17N3O2/c1-2-17-9-16-8-12(17)7-15-6-11-3-4-13-14(5-11)19-10-18-13/h3-5,8-9,15H,2,6-7,10H2,1H3. The van der Waals surface area contributed by atoms with E-state index < -0.39 is 0 Å². The van der Waals surface area contributed by atoms with E-state index in [0.29, 0.717) is 6.79 Å². The summed E-state index contributed by atoms with van der Waals surface area (Å²) in [5.41, 5.74) is 2.38. The normalized spacial score (nSPS) is 12.9. The Hall–Kier alpha value is -2.01. The summed E-state index contributed by atoms with van der Waals surface area (Å²) >= 11 is 0. The lowest BCUT2D eigenvalue weighted by atomic mass is 10.2. The van der Waals surface area contributed by atoms with E-state index in [4.69, 9.17) is 9.47 Å². The largest absolute Gasteiger partial charge is 0.454 e. The Kier molecular flexibility index (Phi) is 3.37. The van der Waals surface area contributed by atoms with Crippen LogP contribution in [-0.4, -0.2) is 16.3 Å². The molecule has 1 aliphatic rings. The molecule has 0 radical (unpaired) electrons. The number of hydrogen-bond donors (Lipinski definition) is 1. The molecule has 0 atom stereocenters. The first kappa shape index (κ1) is 12.0. The molecule has 19 heavy (non-hydrogen) atoms. The molecule has 0 unspecified atom stereocenters. The van der Waals surface area contributed by atoms with E-state index in [2.05, 4.69) is 27.9 Å². The van der Waals surface area contributed by atoms with E-state index >= 15 is 0 Å². The number of aryl methyl sites for hydroxylation is 1. The molecule has 0 fully saturated rings. The Labute approximate surface area is 112 Å². The third kappa shape index (κ3) is 2.56. The highest BCUT2D eigenvalue weighted by Gasteiger charge is 2.12. The quantitative estimate of drug-likeness (QED) is 0.891. The van der Waals surface area contributed by atoms with Gasteiger partial charge >= 0.3 is 0 Å². The molecule has 0 saturated heterocycles. The van der Waals surface area contributed by atoms with Crippen LogP contribution in [0.4, 0.5) is 0 Å². The molecule has 3 rings (SSSR count). The smallest absolute Gasteiger partial charge is 0.231 e. The minimum absolute atomic E-state index is 0.321. The van der Waals surface area contributed by atoms with Gasteiger partial charge < -0.3 is 19.4 Å². The van der Waals surface area contributed by atoms with Crippen LogP contribution < -0.4 is 14.8 Å². The highest BCUT2D eigenvalue weighted by atomic mass is 16.7. The second-order valence-electron chi connectivity index (χ2n) is 4.46. The highest BCUT2D eigenvalue weighted by molar-refractivity contribution is 5.44. The van der Waals surface area contributed by atoms with Crippen molar-refractivity contribution in [2.24, 2.45) is 0 Å². The molecule has 2 aromatic rings. The molecule has 5 nitrogen and oxygen atoms in total. The van der Waals surface area contributed by atoms with Crippen molar-refractivity contribution >= 4 is 0 Å². The molecule has 100 valence electrons. The van der Waals surface area contributed by atoms with Crippen molar-refractivity contribution in [3.63, 3.8) is 0 Å². The summed E-state index contributed by atoms with van der Waals surface area (Å²) in [6, 6.07) is 6.03. The minimum atomic E-state index is 0.321. The Balaban J connectivity index is 1.58. The fraction of sp³-hybridized carbons (Fsp3) is 0.357. The lowest BCUT2D eigenvalue weighted by molar-refractivity contribution is 0.174. The lowest BCUT2D eigenvalue weighted by Crippen LogP contribution is -2.15. The maximum Gasteiger partial charge on any atom is 0.231 e. The molecular weight excluding hydrogens is 242 g/mol. The zero-order valence-corrected chi connectivity index (χ0v) is 10.9. The van der Waals surface area contributed by atoms with Crippen molar-refractivity contribution in [1.82, 2.24) is 14.9 Å². The summed E-state index contributed by atoms with van der Waals surface area (Å²) in [5, 5.41) is 3.41. The van der Waals surface area contributed by atoms with Gasteiger partial charge in [-0.05, 0) is 24.6 Å². The first-order valence-corrected chi connectivity index (χ1v) is 6.45. The number of benzene rings is 1. The number of imidazole rings is 1. The Morgan fingerprint density at radius 2 is 2.16 bits per heavy atom. The van der Waals surface area contributed by atoms with Gasteiger partial charge in [-0.25, -0.2) is 4.98 Å². The Morgan fingerprint density at radius 3 is 3.05 bits per heavy atom. The van der Waals surface area contributed by atoms with Crippen LogP contribution >= 0.6 is 0 Å². The molecule has 2 heterocycles. The van der Waals surface area contributed by atoms with E-state index in [1.165, 1.54) is 11.3 Å². The van der Waals surface area contributed by atoms with Crippen LogP contribution in [0.25, 0.3) is 0 Å². The maximum atomic E-state index is 5.36. The zero-order valence-electron chi connectivity index (χ0n) is 10.9. The van der Waals surface area contributed by atoms with E-state index in [0.717, 1.165) is 31.1 Å². The Bertz CT molecular complexity index is 566. The Morgan fingerprint density at radius 1 is 1.26 bits per heavy atom. The average Bonchev–Trinajstić information content (AvgIpc) is 3.06. The second-order valence-corrected chi connectivity index (χ2v) is 4.46. The number of nitrogens with zero attached hydrogens (tertiary/aromatic N) is 2. The van der Waals surface area contributed by atoms with Crippen LogP contribution in [0, 0.1) is 0 Å². The van der Waals surface area contributed by atoms with E-state index in [-0.39, 0.29) is 0 Å². The third-order valence-corrected chi connectivity index (χ3v) is 3.21. The van der Waals surface area contributed by atoms with Gasteiger partial charge in [0.2, 0.25) is 6.79 Å². The van der Waals surface area contributed by atoms with Crippen LogP contribution in [-0.2, 0) is 19.6 Å². The molecule has 0 saturated carbocycles. The summed E-state index contributed by atoms with van der Waals surface area (Å²) in [5.74, 6) is 1.66. The van der Waals surface area contributed by atoms with Gasteiger partial charge in [-0.15, -0.1) is 0 Å². The summed E-state index contributed by atoms with van der Waals surface area (Å²) < 4.78 is 12.8. The van der Waals surface area contributed by atoms with Crippen LogP contribution in [0.5, 0.6) is 11.5 Å². The van der Waals surface area contributed by atoms with Gasteiger partial charge in [0.15, 0.2) is 11.5 Å². The lowest BCUT2D eigenvalue weighted by Gasteiger charge is -2.07. The molecule has 0 bridgehead atoms. The van der Waals surface area contributed by atoms with E-state index in [9.17, 15) is 0 Å². The van der Waals surface area contributed by atoms with Gasteiger partial charge in [-0.3, -0.25) is 0 Å². The topological polar surface area (TPSA) is 48.3 Å². The van der Waals surface area contributed by atoms with E-state index in [1.807, 2.05) is 24.7 Å². The van der Waals surface area contributed by atoms with Gasteiger partial charge in [0, 0.05) is 25.8 Å². The van der Waals surface area contributed by atoms with Crippen LogP contribution in [0.3, 0.4) is 0 Å². The third-order valence-electron chi connectivity index (χ3n) is 3.21. The first-order chi connectivity index (χ1) is 9.36. The fourth-order valence-electron chi connectivity index (χ4n) is 2.17. The summed E-state index contributed by atoms with van der Waals surface area (Å²) in [6.07, 6.45) is 3.76. The van der Waals surface area contributed by atoms with Crippen molar-refractivity contribution in [2.45, 2.75) is 26.6 Å². The molecule has 0 amide bonds. The second kappa shape index (κ2) is 5.32. The van der Waals surface area contributed by atoms with Gasteiger partial charge in [0.1, 0.15) is 0 Å². The number of hydrogen-bond acceptors (Lipinski definition) is 4. The van der Waals surface area contributed by atoms with Crippen molar-refractivity contribution in [3.8, 4) is 11.5 Å². The number of fused-ring (bicyclic) bond motifs is 1. The first-order valence-electron chi connectivity index (χ1n) is 6.45. The maximum absolute atomic E-state index is 5.36. The average molecular weight is 259 g/mol. The summed E-state index contributed by atoms with van der Waals surface area (Å²) in [7, 11) is 0. The van der Waals surface area contributed by atoms with Gasteiger partial charge in [-0.1, -0.05) is 6.07 Å². The van der Waals surface area contributed by atoms with Crippen LogP contribution in [0.1, 0.15) is 18.2 Å². The predicted octanol–water partition coefficient (Wildman–Crippen LogP) is 1.92. The van der Waals surface area contributed by atoms with Crippen molar-refractivity contribution in [1.29, 1.82) is 0 Å². The highest BCUT2D eigenvalue weighted by Crippen LogP contribution is 2.32. The SMILES string of the molecule is CCn1cncc1CNCc1ccc2c(c1)OCO2. The number of nitrogens with one attached hydrogen (secondary N) is 1. The van der Waals surface area contributed by atoms with Crippen molar-refractivity contribution < 1.29 is 9.47 Å². The number of rotatable bonds is 5. The van der Waals surface area contributed by atoms with Gasteiger partial charge in [0.05, 0.1) is 12.0 Å². The van der Waals surface area contributed by atoms with Crippen LogP contribution in [0.2, 0.25) is 0 Å². The van der Waals surface area contributed by atoms with Crippen LogP contribution in [0.15, 0.2) is 30.7 Å². The molecule has 0 spiro atoms. The van der Waals surface area contributed by atoms with Gasteiger partial charge in [-0.2, -0.15) is 0 Å². The molecule has 5 heteroatoms. The zero-order chi connectivity index (χ0) is 13.1. The number of ether oxygens (including phenoxy) is 2. The summed E-state index contributed by atoms with van der Waals surface area (Å²) in [6.45, 7) is 4.99. The van der Waals surface area contributed by atoms with Gasteiger partial charge in [0.25, 0.3) is 0 Å². The number of aromatic nitrogens is 2. The van der Waals surface area contributed by atoms with E-state index in [1.54, 1.807) is 0 Å². The van der Waals surface area contributed by atoms with Crippen molar-refractivity contribution in [3.05, 3.63) is 42.0 Å².